The van der Waals surface area contributed by atoms with Gasteiger partial charge in [-0.05, 0) is 78.4 Å². The summed E-state index contributed by atoms with van der Waals surface area (Å²) < 4.78 is 1.65. The van der Waals surface area contributed by atoms with Gasteiger partial charge in [-0.25, -0.2) is 9.97 Å². The van der Waals surface area contributed by atoms with Crippen molar-refractivity contribution in [1.29, 1.82) is 0 Å². The topological polar surface area (TPSA) is 25.8 Å². The second kappa shape index (κ2) is 7.12. The average Bonchev–Trinajstić information content (AvgIpc) is 2.73. The lowest BCUT2D eigenvalue weighted by Crippen LogP contribution is -1.91. The van der Waals surface area contributed by atoms with Crippen molar-refractivity contribution in [3.05, 3.63) is 94.1 Å². The number of nitrogens with zero attached hydrogens (tertiary/aromatic N) is 2. The molecule has 5 aromatic rings. The van der Waals surface area contributed by atoms with Crippen LogP contribution in [0.5, 0.6) is 0 Å². The van der Waals surface area contributed by atoms with Gasteiger partial charge in [0.05, 0.1) is 11.0 Å². The molecule has 0 saturated carbocycles. The van der Waals surface area contributed by atoms with Crippen LogP contribution in [-0.2, 0) is 0 Å². The molecule has 0 aliphatic carbocycles. The highest BCUT2D eigenvalue weighted by atomic mass is 79.9. The number of pyridine rings is 2. The van der Waals surface area contributed by atoms with Crippen molar-refractivity contribution in [3.63, 3.8) is 0 Å². The normalized spacial score (nSPS) is 11.2. The van der Waals surface area contributed by atoms with Gasteiger partial charge in [0.1, 0.15) is 9.21 Å². The monoisotopic (exact) mass is 488 g/mol. The van der Waals surface area contributed by atoms with Gasteiger partial charge in [0.15, 0.2) is 0 Å². The summed E-state index contributed by atoms with van der Waals surface area (Å²) in [5.41, 5.74) is 6.50. The SMILES string of the molecule is Brc1cc(-c2ccccc2)c2cc3nc(Br)cc(-c4ccccc4)c3cc2n1. The van der Waals surface area contributed by atoms with Crippen LogP contribution in [0.15, 0.2) is 94.1 Å². The van der Waals surface area contributed by atoms with Gasteiger partial charge in [0.25, 0.3) is 0 Å². The standard InChI is InChI=1S/C24H14Br2N2/c25-23-13-17(15-7-3-1-4-8-15)19-11-22-20(12-21(19)27-23)18(14-24(26)28-22)16-9-5-2-6-10-16/h1-14H. The van der Waals surface area contributed by atoms with Crippen LogP contribution in [0.25, 0.3) is 44.1 Å². The van der Waals surface area contributed by atoms with Crippen LogP contribution in [0.4, 0.5) is 0 Å². The summed E-state index contributed by atoms with van der Waals surface area (Å²) in [4.78, 5) is 9.49. The van der Waals surface area contributed by atoms with E-state index in [1.54, 1.807) is 0 Å². The van der Waals surface area contributed by atoms with E-state index < -0.39 is 0 Å². The van der Waals surface area contributed by atoms with Gasteiger partial charge in [0, 0.05) is 10.8 Å². The van der Waals surface area contributed by atoms with Crippen LogP contribution in [0.3, 0.4) is 0 Å². The molecule has 0 amide bonds. The van der Waals surface area contributed by atoms with E-state index in [-0.39, 0.29) is 0 Å². The maximum Gasteiger partial charge on any atom is 0.107 e. The van der Waals surface area contributed by atoms with Crippen molar-refractivity contribution in [1.82, 2.24) is 9.97 Å². The summed E-state index contributed by atoms with van der Waals surface area (Å²) in [6.07, 6.45) is 0. The first kappa shape index (κ1) is 17.5. The first-order valence-electron chi connectivity index (χ1n) is 8.90. The summed E-state index contributed by atoms with van der Waals surface area (Å²) in [6, 6.07) is 29.2. The second-order valence-corrected chi connectivity index (χ2v) is 8.23. The molecule has 5 rings (SSSR count). The summed E-state index contributed by atoms with van der Waals surface area (Å²) in [7, 11) is 0. The van der Waals surface area contributed by atoms with Crippen molar-refractivity contribution in [3.8, 4) is 22.3 Å². The van der Waals surface area contributed by atoms with Crippen molar-refractivity contribution < 1.29 is 0 Å². The molecule has 2 heterocycles. The predicted octanol–water partition coefficient (Wildman–Crippen LogP) is 7.64. The van der Waals surface area contributed by atoms with Crippen LogP contribution >= 0.6 is 31.9 Å². The van der Waals surface area contributed by atoms with Crippen molar-refractivity contribution in [2.45, 2.75) is 0 Å². The molecule has 134 valence electrons. The second-order valence-electron chi connectivity index (χ2n) is 6.60. The average molecular weight is 490 g/mol. The van der Waals surface area contributed by atoms with Crippen LogP contribution in [0.2, 0.25) is 0 Å². The fraction of sp³-hybridized carbons (Fsp3) is 0. The number of rotatable bonds is 2. The molecule has 4 heteroatoms. The third-order valence-corrected chi connectivity index (χ3v) is 5.66. The molecular weight excluding hydrogens is 476 g/mol. The minimum absolute atomic E-state index is 0.824. The predicted molar refractivity (Wildman–Crippen MR) is 123 cm³/mol. The fourth-order valence-electron chi connectivity index (χ4n) is 3.59. The third-order valence-electron chi connectivity index (χ3n) is 4.85. The molecule has 0 spiro atoms. The molecule has 2 nitrogen and oxygen atoms in total. The molecule has 0 aliphatic rings. The zero-order valence-corrected chi connectivity index (χ0v) is 17.9. The largest absolute Gasteiger partial charge is 0.241 e. The highest BCUT2D eigenvalue weighted by Crippen LogP contribution is 2.36. The molecule has 0 N–H and O–H groups in total. The lowest BCUT2D eigenvalue weighted by atomic mass is 9.97. The lowest BCUT2D eigenvalue weighted by Gasteiger charge is -2.12. The smallest absolute Gasteiger partial charge is 0.107 e. The Balaban J connectivity index is 1.87. The zero-order chi connectivity index (χ0) is 19.1. The van der Waals surface area contributed by atoms with E-state index in [4.69, 9.17) is 9.97 Å². The Morgan fingerprint density at radius 1 is 0.500 bits per heavy atom. The minimum Gasteiger partial charge on any atom is -0.241 e. The number of aromatic nitrogens is 2. The molecule has 0 atom stereocenters. The third kappa shape index (κ3) is 3.13. The molecule has 3 aromatic carbocycles. The van der Waals surface area contributed by atoms with Crippen molar-refractivity contribution in [2.75, 3.05) is 0 Å². The Morgan fingerprint density at radius 3 is 1.29 bits per heavy atom. The van der Waals surface area contributed by atoms with E-state index in [1.807, 2.05) is 12.1 Å². The summed E-state index contributed by atoms with van der Waals surface area (Å²) in [6.45, 7) is 0. The molecular formula is C24H14Br2N2. The van der Waals surface area contributed by atoms with Gasteiger partial charge in [0.2, 0.25) is 0 Å². The van der Waals surface area contributed by atoms with E-state index >= 15 is 0 Å². The zero-order valence-electron chi connectivity index (χ0n) is 14.7. The van der Waals surface area contributed by atoms with Gasteiger partial charge in [-0.2, -0.15) is 0 Å². The molecule has 0 bridgehead atoms. The van der Waals surface area contributed by atoms with Gasteiger partial charge >= 0.3 is 0 Å². The Morgan fingerprint density at radius 2 is 0.893 bits per heavy atom. The van der Waals surface area contributed by atoms with E-state index in [9.17, 15) is 0 Å². The highest BCUT2D eigenvalue weighted by molar-refractivity contribution is 9.10. The summed E-state index contributed by atoms with van der Waals surface area (Å²) in [5.74, 6) is 0. The highest BCUT2D eigenvalue weighted by Gasteiger charge is 2.13. The number of fused-ring (bicyclic) bond motifs is 2. The summed E-state index contributed by atoms with van der Waals surface area (Å²) in [5, 5.41) is 2.18. The Kier molecular flexibility index (Phi) is 4.46. The van der Waals surface area contributed by atoms with Crippen molar-refractivity contribution in [2.24, 2.45) is 0 Å². The molecule has 0 aliphatic heterocycles. The Labute approximate surface area is 179 Å². The maximum atomic E-state index is 4.75. The molecule has 0 radical (unpaired) electrons. The van der Waals surface area contributed by atoms with Crippen LogP contribution in [0.1, 0.15) is 0 Å². The van der Waals surface area contributed by atoms with Crippen molar-refractivity contribution >= 4 is 53.7 Å². The lowest BCUT2D eigenvalue weighted by molar-refractivity contribution is 1.33. The fourth-order valence-corrected chi connectivity index (χ4v) is 4.43. The number of benzene rings is 3. The van der Waals surface area contributed by atoms with E-state index in [0.717, 1.165) is 53.3 Å². The van der Waals surface area contributed by atoms with E-state index in [1.165, 1.54) is 0 Å². The Hall–Kier alpha value is -2.56. The first-order chi connectivity index (χ1) is 13.7. The summed E-state index contributed by atoms with van der Waals surface area (Å²) >= 11 is 7.17. The first-order valence-corrected chi connectivity index (χ1v) is 10.5. The molecule has 28 heavy (non-hydrogen) atoms. The van der Waals surface area contributed by atoms with Crippen LogP contribution in [-0.4, -0.2) is 9.97 Å². The minimum atomic E-state index is 0.824. The van der Waals surface area contributed by atoms with E-state index in [0.29, 0.717) is 0 Å². The van der Waals surface area contributed by atoms with Crippen LogP contribution < -0.4 is 0 Å². The van der Waals surface area contributed by atoms with Gasteiger partial charge in [-0.3, -0.25) is 0 Å². The molecule has 0 unspecified atom stereocenters. The van der Waals surface area contributed by atoms with E-state index in [2.05, 4.69) is 105 Å². The number of hydrogen-bond acceptors (Lipinski definition) is 2. The molecule has 2 aromatic heterocycles. The molecule has 0 saturated heterocycles. The van der Waals surface area contributed by atoms with Crippen LogP contribution in [0, 0.1) is 0 Å². The Bertz CT molecular complexity index is 1210. The quantitative estimate of drug-likeness (QED) is 0.188. The van der Waals surface area contributed by atoms with Gasteiger partial charge in [-0.1, -0.05) is 60.7 Å². The number of hydrogen-bond donors (Lipinski definition) is 0. The maximum absolute atomic E-state index is 4.75. The van der Waals surface area contributed by atoms with Gasteiger partial charge in [-0.15, -0.1) is 0 Å². The number of halogens is 2. The van der Waals surface area contributed by atoms with Gasteiger partial charge < -0.3 is 0 Å². The molecule has 0 fully saturated rings.